The van der Waals surface area contributed by atoms with Crippen LogP contribution in [0.15, 0.2) is 29.0 Å². The molecule has 2 atom stereocenters. The minimum absolute atomic E-state index is 0.232. The van der Waals surface area contributed by atoms with Crippen molar-refractivity contribution in [1.82, 2.24) is 20.1 Å². The average Bonchev–Trinajstić information content (AvgIpc) is 3.33. The minimum Gasteiger partial charge on any atom is -0.378 e. The molecule has 0 saturated carbocycles. The van der Waals surface area contributed by atoms with E-state index in [1.165, 1.54) is 6.20 Å². The SMILES string of the molecule is CCC1CNCC1Nc1c(C(N)=O)cnn2cc(-c3cc(C)no3)cc12. The summed E-state index contributed by atoms with van der Waals surface area (Å²) >= 11 is 0. The van der Waals surface area contributed by atoms with Crippen molar-refractivity contribution in [2.75, 3.05) is 18.4 Å². The van der Waals surface area contributed by atoms with Crippen LogP contribution in [0.1, 0.15) is 29.4 Å². The number of amides is 1. The summed E-state index contributed by atoms with van der Waals surface area (Å²) in [6.07, 6.45) is 4.42. The van der Waals surface area contributed by atoms with Crippen LogP contribution in [0.25, 0.3) is 16.8 Å². The Balaban J connectivity index is 1.80. The number of aryl methyl sites for hydroxylation is 1. The Morgan fingerprint density at radius 2 is 2.31 bits per heavy atom. The number of anilines is 1. The van der Waals surface area contributed by atoms with E-state index >= 15 is 0 Å². The molecule has 0 bridgehead atoms. The fraction of sp³-hybridized carbons (Fsp3) is 0.389. The number of hydrogen-bond acceptors (Lipinski definition) is 6. The zero-order valence-corrected chi connectivity index (χ0v) is 14.8. The summed E-state index contributed by atoms with van der Waals surface area (Å²) in [6, 6.07) is 4.03. The standard InChI is InChI=1S/C18H22N6O2/c1-3-11-6-20-8-14(11)22-17-13(18(19)25)7-21-24-9-12(5-15(17)24)16-4-10(2)23-26-16/h4-5,7,9,11,14,20,22H,3,6,8H2,1-2H3,(H2,19,25). The van der Waals surface area contributed by atoms with Gasteiger partial charge >= 0.3 is 0 Å². The molecule has 0 aromatic carbocycles. The molecule has 1 amide bonds. The molecule has 0 radical (unpaired) electrons. The molecule has 3 aromatic rings. The Kier molecular flexibility index (Phi) is 4.12. The number of nitrogens with zero attached hydrogens (tertiary/aromatic N) is 3. The number of carbonyl (C=O) groups excluding carboxylic acids is 1. The van der Waals surface area contributed by atoms with E-state index in [1.807, 2.05) is 25.3 Å². The quantitative estimate of drug-likeness (QED) is 0.644. The van der Waals surface area contributed by atoms with Crippen LogP contribution in [-0.2, 0) is 0 Å². The van der Waals surface area contributed by atoms with E-state index in [0.29, 0.717) is 22.9 Å². The lowest BCUT2D eigenvalue weighted by Gasteiger charge is -2.21. The van der Waals surface area contributed by atoms with Gasteiger partial charge in [0.15, 0.2) is 5.76 Å². The van der Waals surface area contributed by atoms with Gasteiger partial charge in [-0.3, -0.25) is 4.79 Å². The lowest BCUT2D eigenvalue weighted by Crippen LogP contribution is -2.30. The molecule has 1 saturated heterocycles. The highest BCUT2D eigenvalue weighted by Crippen LogP contribution is 2.30. The number of hydrogen-bond donors (Lipinski definition) is 3. The first-order chi connectivity index (χ1) is 12.6. The highest BCUT2D eigenvalue weighted by atomic mass is 16.5. The van der Waals surface area contributed by atoms with E-state index in [0.717, 1.165) is 36.3 Å². The van der Waals surface area contributed by atoms with Gasteiger partial charge in [0.05, 0.1) is 28.7 Å². The van der Waals surface area contributed by atoms with Crippen LogP contribution in [0.3, 0.4) is 0 Å². The first-order valence-corrected chi connectivity index (χ1v) is 8.79. The lowest BCUT2D eigenvalue weighted by molar-refractivity contribution is 0.100. The highest BCUT2D eigenvalue weighted by molar-refractivity contribution is 6.02. The molecule has 1 fully saturated rings. The lowest BCUT2D eigenvalue weighted by atomic mass is 10.00. The maximum absolute atomic E-state index is 12.0. The van der Waals surface area contributed by atoms with Gasteiger partial charge in [-0.2, -0.15) is 5.10 Å². The zero-order chi connectivity index (χ0) is 18.3. The van der Waals surface area contributed by atoms with Gasteiger partial charge in [-0.15, -0.1) is 0 Å². The van der Waals surface area contributed by atoms with Crippen LogP contribution in [-0.4, -0.2) is 39.8 Å². The van der Waals surface area contributed by atoms with E-state index < -0.39 is 5.91 Å². The third kappa shape index (κ3) is 2.82. The molecular weight excluding hydrogens is 332 g/mol. The van der Waals surface area contributed by atoms with E-state index in [2.05, 4.69) is 27.8 Å². The van der Waals surface area contributed by atoms with Crippen LogP contribution < -0.4 is 16.4 Å². The van der Waals surface area contributed by atoms with E-state index in [-0.39, 0.29) is 6.04 Å². The molecule has 4 N–H and O–H groups in total. The van der Waals surface area contributed by atoms with Gasteiger partial charge in [0, 0.05) is 37.0 Å². The van der Waals surface area contributed by atoms with Crippen molar-refractivity contribution in [1.29, 1.82) is 0 Å². The third-order valence-corrected chi connectivity index (χ3v) is 5.01. The molecule has 3 aromatic heterocycles. The summed E-state index contributed by atoms with van der Waals surface area (Å²) in [5, 5.41) is 15.2. The molecule has 8 nitrogen and oxygen atoms in total. The van der Waals surface area contributed by atoms with Crippen molar-refractivity contribution >= 4 is 17.1 Å². The zero-order valence-electron chi connectivity index (χ0n) is 14.8. The van der Waals surface area contributed by atoms with Gasteiger partial charge in [-0.1, -0.05) is 18.5 Å². The molecule has 8 heteroatoms. The summed E-state index contributed by atoms with van der Waals surface area (Å²) < 4.78 is 7.08. The molecule has 26 heavy (non-hydrogen) atoms. The molecular formula is C18H22N6O2. The van der Waals surface area contributed by atoms with Crippen molar-refractivity contribution in [2.45, 2.75) is 26.3 Å². The number of nitrogens with two attached hydrogens (primary N) is 1. The van der Waals surface area contributed by atoms with Crippen LogP contribution in [0.2, 0.25) is 0 Å². The van der Waals surface area contributed by atoms with Gasteiger partial charge in [-0.25, -0.2) is 4.52 Å². The normalized spacial score (nSPS) is 19.9. The fourth-order valence-electron chi connectivity index (χ4n) is 3.55. The van der Waals surface area contributed by atoms with Gasteiger partial charge in [-0.05, 0) is 18.9 Å². The molecule has 1 aliphatic heterocycles. The second kappa shape index (κ2) is 6.45. The topological polar surface area (TPSA) is 110 Å². The largest absolute Gasteiger partial charge is 0.378 e. The van der Waals surface area contributed by atoms with E-state index in [9.17, 15) is 4.79 Å². The number of fused-ring (bicyclic) bond motifs is 1. The monoisotopic (exact) mass is 354 g/mol. The fourth-order valence-corrected chi connectivity index (χ4v) is 3.55. The predicted molar refractivity (Wildman–Crippen MR) is 98.0 cm³/mol. The van der Waals surface area contributed by atoms with E-state index in [1.54, 1.807) is 4.52 Å². The van der Waals surface area contributed by atoms with Gasteiger partial charge < -0.3 is 20.9 Å². The summed E-state index contributed by atoms with van der Waals surface area (Å²) in [6.45, 7) is 5.85. The smallest absolute Gasteiger partial charge is 0.252 e. The third-order valence-electron chi connectivity index (χ3n) is 5.01. The minimum atomic E-state index is -0.500. The molecule has 0 aliphatic carbocycles. The Morgan fingerprint density at radius 1 is 1.46 bits per heavy atom. The second-order valence-corrected chi connectivity index (χ2v) is 6.77. The van der Waals surface area contributed by atoms with Crippen molar-refractivity contribution < 1.29 is 9.32 Å². The van der Waals surface area contributed by atoms with Crippen LogP contribution in [0.5, 0.6) is 0 Å². The van der Waals surface area contributed by atoms with Crippen molar-refractivity contribution in [3.05, 3.63) is 35.8 Å². The number of primary amides is 1. The van der Waals surface area contributed by atoms with Gasteiger partial charge in [0.25, 0.3) is 5.91 Å². The first kappa shape index (κ1) is 16.6. The molecule has 4 rings (SSSR count). The Labute approximate surface area is 150 Å². The highest BCUT2D eigenvalue weighted by Gasteiger charge is 2.27. The molecule has 0 spiro atoms. The van der Waals surface area contributed by atoms with Crippen molar-refractivity contribution in [2.24, 2.45) is 11.7 Å². The number of rotatable bonds is 5. The number of nitrogens with one attached hydrogen (secondary N) is 2. The molecule has 4 heterocycles. The average molecular weight is 354 g/mol. The maximum atomic E-state index is 12.0. The Hall–Kier alpha value is -2.87. The maximum Gasteiger partial charge on any atom is 0.252 e. The molecule has 2 unspecified atom stereocenters. The van der Waals surface area contributed by atoms with Crippen LogP contribution >= 0.6 is 0 Å². The Morgan fingerprint density at radius 3 is 3.00 bits per heavy atom. The second-order valence-electron chi connectivity index (χ2n) is 6.77. The van der Waals surface area contributed by atoms with E-state index in [4.69, 9.17) is 10.3 Å². The molecule has 136 valence electrons. The van der Waals surface area contributed by atoms with Gasteiger partial charge in [0.2, 0.25) is 0 Å². The van der Waals surface area contributed by atoms with Crippen LogP contribution in [0.4, 0.5) is 5.69 Å². The van der Waals surface area contributed by atoms with Crippen molar-refractivity contribution in [3.8, 4) is 11.3 Å². The summed E-state index contributed by atoms with van der Waals surface area (Å²) in [7, 11) is 0. The predicted octanol–water partition coefficient (Wildman–Crippen LogP) is 1.81. The van der Waals surface area contributed by atoms with Gasteiger partial charge in [0.1, 0.15) is 0 Å². The van der Waals surface area contributed by atoms with Crippen molar-refractivity contribution in [3.63, 3.8) is 0 Å². The number of aromatic nitrogens is 3. The summed E-state index contributed by atoms with van der Waals surface area (Å²) in [5.41, 5.74) is 9.13. The molecule has 1 aliphatic rings. The summed E-state index contributed by atoms with van der Waals surface area (Å²) in [4.78, 5) is 12.0. The summed E-state index contributed by atoms with van der Waals surface area (Å²) in [5.74, 6) is 0.656. The number of carbonyl (C=O) groups is 1. The Bertz CT molecular complexity index is 960. The van der Waals surface area contributed by atoms with Crippen LogP contribution in [0, 0.1) is 12.8 Å². The first-order valence-electron chi connectivity index (χ1n) is 8.79.